The predicted octanol–water partition coefficient (Wildman–Crippen LogP) is 3.77. The van der Waals surface area contributed by atoms with E-state index in [2.05, 4.69) is 84.3 Å². The molecule has 0 N–H and O–H groups in total. The molecule has 0 amide bonds. The molecular formula is C18H26Se2Si2. The fourth-order valence-electron chi connectivity index (χ4n) is 1.35. The number of hydrogen-bond acceptors (Lipinski definition) is 0. The van der Waals surface area contributed by atoms with Crippen molar-refractivity contribution in [3.63, 3.8) is 0 Å². The summed E-state index contributed by atoms with van der Waals surface area (Å²) in [7, 11) is -2.38. The fraction of sp³-hybridized carbons (Fsp3) is 0.444. The van der Waals surface area contributed by atoms with E-state index in [4.69, 9.17) is 0 Å². The van der Waals surface area contributed by atoms with E-state index in [9.17, 15) is 0 Å². The molecule has 22 heavy (non-hydrogen) atoms. The molecule has 4 heteroatoms. The molecule has 0 bridgehead atoms. The van der Waals surface area contributed by atoms with Gasteiger partial charge in [0.15, 0.2) is 0 Å². The Morgan fingerprint density at radius 2 is 1.00 bits per heavy atom. The Balaban J connectivity index is 2.42. The Morgan fingerprint density at radius 3 is 1.27 bits per heavy atom. The predicted molar refractivity (Wildman–Crippen MR) is 108 cm³/mol. The van der Waals surface area contributed by atoms with Crippen molar-refractivity contribution in [1.29, 1.82) is 0 Å². The van der Waals surface area contributed by atoms with Crippen molar-refractivity contribution in [1.82, 2.24) is 0 Å². The van der Waals surface area contributed by atoms with E-state index >= 15 is 0 Å². The first kappa shape index (κ1) is 19.9. The minimum absolute atomic E-state index is 0.425. The van der Waals surface area contributed by atoms with E-state index in [0.717, 1.165) is 10.6 Å². The van der Waals surface area contributed by atoms with Gasteiger partial charge in [-0.25, -0.2) is 0 Å². The second-order valence-corrected chi connectivity index (χ2v) is 20.1. The molecule has 1 aromatic rings. The zero-order chi connectivity index (χ0) is 16.6. The van der Waals surface area contributed by atoms with Gasteiger partial charge >= 0.3 is 152 Å². The average Bonchev–Trinajstić information content (AvgIpc) is 2.39. The van der Waals surface area contributed by atoms with E-state index in [1.165, 1.54) is 11.1 Å². The average molecular weight is 456 g/mol. The maximum absolute atomic E-state index is 3.46. The third-order valence-corrected chi connectivity index (χ3v) is 8.10. The monoisotopic (exact) mass is 458 g/mol. The normalized spacial score (nSPS) is 11.2. The molecule has 0 unspecified atom stereocenters. The second kappa shape index (κ2) is 9.19. The Kier molecular flexibility index (Phi) is 8.30. The topological polar surface area (TPSA) is 0 Å². The summed E-state index contributed by atoms with van der Waals surface area (Å²) in [6, 6.07) is 9.09. The summed E-state index contributed by atoms with van der Waals surface area (Å²) >= 11 is 0.850. The van der Waals surface area contributed by atoms with Gasteiger partial charge in [-0.15, -0.1) is 0 Å². The number of rotatable bonds is 4. The van der Waals surface area contributed by atoms with E-state index in [1.54, 1.807) is 0 Å². The third kappa shape index (κ3) is 10.5. The second-order valence-electron chi connectivity index (χ2n) is 7.35. The Labute approximate surface area is 151 Å². The molecule has 1 rings (SSSR count). The first-order valence-electron chi connectivity index (χ1n) is 7.51. The van der Waals surface area contributed by atoms with Crippen LogP contribution in [0.25, 0.3) is 0 Å². The van der Waals surface area contributed by atoms with Crippen molar-refractivity contribution in [2.45, 2.75) is 49.9 Å². The van der Waals surface area contributed by atoms with Crippen molar-refractivity contribution in [2.75, 3.05) is 0 Å². The van der Waals surface area contributed by atoms with Crippen LogP contribution in [0.3, 0.4) is 0 Å². The standard InChI is InChI=1S/C18H26Se2Si2/c1-21(2,3)13-11-19-15-17-7-9-18(10-8-17)16-20-12-14-22(4,5)6/h7-10H,15-16H2,1-6H3. The number of hydrogen-bond donors (Lipinski definition) is 0. The van der Waals surface area contributed by atoms with Gasteiger partial charge in [0.2, 0.25) is 0 Å². The van der Waals surface area contributed by atoms with Gasteiger partial charge in [0.1, 0.15) is 0 Å². The molecule has 0 spiro atoms. The molecule has 0 heterocycles. The van der Waals surface area contributed by atoms with E-state index in [0.29, 0.717) is 29.9 Å². The molecule has 0 aliphatic heterocycles. The number of benzene rings is 1. The van der Waals surface area contributed by atoms with Crippen LogP contribution in [-0.4, -0.2) is 46.1 Å². The van der Waals surface area contributed by atoms with E-state index in [-0.39, 0.29) is 0 Å². The molecule has 0 saturated carbocycles. The summed E-state index contributed by atoms with van der Waals surface area (Å²) in [5.41, 5.74) is 9.76. The van der Waals surface area contributed by atoms with Crippen LogP contribution in [0, 0.1) is 20.7 Å². The minimum atomic E-state index is -1.19. The summed E-state index contributed by atoms with van der Waals surface area (Å²) in [6.07, 6.45) is 0. The van der Waals surface area contributed by atoms with E-state index in [1.807, 2.05) is 0 Å². The van der Waals surface area contributed by atoms with Crippen LogP contribution >= 0.6 is 0 Å². The molecule has 118 valence electrons. The van der Waals surface area contributed by atoms with Gasteiger partial charge in [-0.05, 0) is 0 Å². The molecular weight excluding hydrogens is 430 g/mol. The third-order valence-electron chi connectivity index (χ3n) is 2.50. The maximum atomic E-state index is 3.46. The molecule has 0 saturated heterocycles. The Bertz CT molecular complexity index is 530. The van der Waals surface area contributed by atoms with Crippen LogP contribution in [0.4, 0.5) is 0 Å². The molecule has 0 radical (unpaired) electrons. The summed E-state index contributed by atoms with van der Waals surface area (Å²) in [5, 5.41) is 2.26. The molecule has 0 fully saturated rings. The quantitative estimate of drug-likeness (QED) is 0.478. The first-order chi connectivity index (χ1) is 10.2. The van der Waals surface area contributed by atoms with Gasteiger partial charge in [-0.1, -0.05) is 0 Å². The van der Waals surface area contributed by atoms with Crippen LogP contribution in [-0.2, 0) is 10.6 Å². The summed E-state index contributed by atoms with van der Waals surface area (Å²) in [4.78, 5) is 6.81. The van der Waals surface area contributed by atoms with Crippen molar-refractivity contribution in [3.8, 4) is 20.7 Å². The molecule has 1 aromatic carbocycles. The zero-order valence-corrected chi connectivity index (χ0v) is 20.0. The molecule has 0 aliphatic rings. The molecule has 0 aliphatic carbocycles. The van der Waals surface area contributed by atoms with Gasteiger partial charge in [0, 0.05) is 0 Å². The SMILES string of the molecule is C[Si](C)(C)C#C[Se]Cc1ccc(C[Se]C#C[Si](C)(C)C)cc1. The van der Waals surface area contributed by atoms with Crippen LogP contribution in [0.2, 0.25) is 39.3 Å². The molecule has 0 aromatic heterocycles. The van der Waals surface area contributed by atoms with Crippen molar-refractivity contribution in [2.24, 2.45) is 0 Å². The van der Waals surface area contributed by atoms with Gasteiger partial charge in [-0.3, -0.25) is 0 Å². The van der Waals surface area contributed by atoms with Crippen molar-refractivity contribution < 1.29 is 0 Å². The van der Waals surface area contributed by atoms with Crippen LogP contribution in [0.15, 0.2) is 24.3 Å². The van der Waals surface area contributed by atoms with Crippen molar-refractivity contribution >= 4 is 46.1 Å². The summed E-state index contributed by atoms with van der Waals surface area (Å²) in [6.45, 7) is 13.8. The zero-order valence-electron chi connectivity index (χ0n) is 14.5. The van der Waals surface area contributed by atoms with Crippen LogP contribution in [0.1, 0.15) is 11.1 Å². The fourth-order valence-corrected chi connectivity index (χ4v) is 8.68. The van der Waals surface area contributed by atoms with Crippen LogP contribution in [0.5, 0.6) is 0 Å². The molecule has 0 nitrogen and oxygen atoms in total. The summed E-state index contributed by atoms with van der Waals surface area (Å²) < 4.78 is 0. The Hall–Kier alpha value is -0.187. The van der Waals surface area contributed by atoms with Gasteiger partial charge in [0.05, 0.1) is 0 Å². The van der Waals surface area contributed by atoms with E-state index < -0.39 is 16.1 Å². The van der Waals surface area contributed by atoms with Gasteiger partial charge in [-0.2, -0.15) is 0 Å². The van der Waals surface area contributed by atoms with Crippen molar-refractivity contribution in [3.05, 3.63) is 35.4 Å². The first-order valence-corrected chi connectivity index (χ1v) is 18.6. The molecule has 0 atom stereocenters. The van der Waals surface area contributed by atoms with Gasteiger partial charge < -0.3 is 0 Å². The summed E-state index contributed by atoms with van der Waals surface area (Å²) in [5.74, 6) is 0. The van der Waals surface area contributed by atoms with Gasteiger partial charge in [0.25, 0.3) is 0 Å². The van der Waals surface area contributed by atoms with Crippen LogP contribution < -0.4 is 0 Å². The Morgan fingerprint density at radius 1 is 0.682 bits per heavy atom.